The number of ether oxygens (including phenoxy) is 1. The minimum Gasteiger partial charge on any atom is -0.451 e. The maximum atomic E-state index is 12.7. The number of nitrogens with zero attached hydrogens (tertiary/aromatic N) is 4. The van der Waals surface area contributed by atoms with E-state index in [1.807, 2.05) is 18.2 Å². The van der Waals surface area contributed by atoms with Gasteiger partial charge in [-0.25, -0.2) is 13.4 Å². The monoisotopic (exact) mass is 402 g/mol. The van der Waals surface area contributed by atoms with Gasteiger partial charge in [-0.3, -0.25) is 9.48 Å². The molecule has 0 aliphatic carbocycles. The lowest BCUT2D eigenvalue weighted by molar-refractivity contribution is -0.121. The van der Waals surface area contributed by atoms with Crippen LogP contribution in [-0.4, -0.2) is 70.3 Å². The Labute approximate surface area is 160 Å². The van der Waals surface area contributed by atoms with Crippen molar-refractivity contribution in [1.29, 1.82) is 0 Å². The standard InChI is InChI=1S/C18H18N4O5S/c23-17(16-5-13-3-1-2-4-15(13)27-16)21-8-18(9-21)10-28(24,25)14(7-26-18)6-22-12-19-11-20-22/h1-5,11-12,14H,6-10H2/t14-/m0/s1. The van der Waals surface area contributed by atoms with Crippen LogP contribution in [0.3, 0.4) is 0 Å². The fourth-order valence-corrected chi connectivity index (χ4v) is 5.71. The number of aromatic nitrogens is 3. The number of carbonyl (C=O) groups excluding carboxylic acids is 1. The van der Waals surface area contributed by atoms with E-state index in [0.717, 1.165) is 5.39 Å². The van der Waals surface area contributed by atoms with Crippen LogP contribution in [0.4, 0.5) is 0 Å². The maximum absolute atomic E-state index is 12.7. The Hall–Kier alpha value is -2.72. The van der Waals surface area contributed by atoms with Crippen LogP contribution in [0.5, 0.6) is 0 Å². The van der Waals surface area contributed by atoms with Gasteiger partial charge in [0.15, 0.2) is 15.6 Å². The molecule has 10 heteroatoms. The average molecular weight is 402 g/mol. The van der Waals surface area contributed by atoms with Crippen LogP contribution in [0.2, 0.25) is 0 Å². The van der Waals surface area contributed by atoms with Gasteiger partial charge in [0, 0.05) is 5.39 Å². The SMILES string of the molecule is O=C(c1cc2ccccc2o1)N1CC2(C1)CS(=O)(=O)[C@@H](Cn1cncn1)CO2. The van der Waals surface area contributed by atoms with Gasteiger partial charge >= 0.3 is 0 Å². The van der Waals surface area contributed by atoms with Gasteiger partial charge in [-0.15, -0.1) is 0 Å². The summed E-state index contributed by atoms with van der Waals surface area (Å²) in [7, 11) is -3.38. The molecule has 3 aromatic rings. The zero-order valence-electron chi connectivity index (χ0n) is 14.9. The predicted molar refractivity (Wildman–Crippen MR) is 98.4 cm³/mol. The van der Waals surface area contributed by atoms with Crippen molar-refractivity contribution in [1.82, 2.24) is 19.7 Å². The maximum Gasteiger partial charge on any atom is 0.289 e. The van der Waals surface area contributed by atoms with E-state index in [-0.39, 0.29) is 43.7 Å². The first-order valence-corrected chi connectivity index (χ1v) is 10.6. The first kappa shape index (κ1) is 17.4. The van der Waals surface area contributed by atoms with Crippen LogP contribution in [-0.2, 0) is 21.1 Å². The zero-order valence-corrected chi connectivity index (χ0v) is 15.7. The summed E-state index contributed by atoms with van der Waals surface area (Å²) in [5.41, 5.74) is -0.187. The van der Waals surface area contributed by atoms with Crippen molar-refractivity contribution in [2.75, 3.05) is 25.4 Å². The lowest BCUT2D eigenvalue weighted by atomic mass is 9.95. The largest absolute Gasteiger partial charge is 0.451 e. The van der Waals surface area contributed by atoms with Gasteiger partial charge in [0.05, 0.1) is 32.0 Å². The molecular weight excluding hydrogens is 384 g/mol. The van der Waals surface area contributed by atoms with E-state index in [2.05, 4.69) is 10.1 Å². The average Bonchev–Trinajstić information content (AvgIpc) is 3.29. The van der Waals surface area contributed by atoms with Gasteiger partial charge in [-0.2, -0.15) is 5.10 Å². The van der Waals surface area contributed by atoms with Gasteiger partial charge in [-0.05, 0) is 12.1 Å². The molecule has 5 rings (SSSR count). The highest BCUT2D eigenvalue weighted by atomic mass is 32.2. The minimum atomic E-state index is -3.38. The van der Waals surface area contributed by atoms with Crippen molar-refractivity contribution in [3.63, 3.8) is 0 Å². The molecule has 9 nitrogen and oxygen atoms in total. The van der Waals surface area contributed by atoms with Crippen LogP contribution in [0, 0.1) is 0 Å². The zero-order chi connectivity index (χ0) is 19.4. The molecule has 28 heavy (non-hydrogen) atoms. The highest BCUT2D eigenvalue weighted by Crippen LogP contribution is 2.34. The highest BCUT2D eigenvalue weighted by molar-refractivity contribution is 7.92. The number of fused-ring (bicyclic) bond motifs is 1. The summed E-state index contributed by atoms with van der Waals surface area (Å²) in [6.07, 6.45) is 2.85. The number of rotatable bonds is 3. The van der Waals surface area contributed by atoms with Crippen LogP contribution in [0.25, 0.3) is 11.0 Å². The number of furan rings is 1. The number of hydrogen-bond acceptors (Lipinski definition) is 7. The van der Waals surface area contributed by atoms with E-state index in [1.54, 1.807) is 17.0 Å². The van der Waals surface area contributed by atoms with Gasteiger partial charge in [-0.1, -0.05) is 18.2 Å². The van der Waals surface area contributed by atoms with E-state index in [4.69, 9.17) is 9.15 Å². The van der Waals surface area contributed by atoms with Crippen LogP contribution in [0.1, 0.15) is 10.6 Å². The van der Waals surface area contributed by atoms with Crippen LogP contribution in [0.15, 0.2) is 47.4 Å². The van der Waals surface area contributed by atoms with E-state index < -0.39 is 20.7 Å². The van der Waals surface area contributed by atoms with Gasteiger partial charge in [0.2, 0.25) is 0 Å². The van der Waals surface area contributed by atoms with Crippen molar-refractivity contribution in [3.05, 3.63) is 48.7 Å². The first-order valence-electron chi connectivity index (χ1n) is 8.90. The molecule has 2 aliphatic heterocycles. The summed E-state index contributed by atoms with van der Waals surface area (Å²) in [5.74, 6) is -0.116. The van der Waals surface area contributed by atoms with Crippen LogP contribution < -0.4 is 0 Å². The van der Waals surface area contributed by atoms with Crippen molar-refractivity contribution in [3.8, 4) is 0 Å². The Bertz CT molecular complexity index is 1100. The Morgan fingerprint density at radius 2 is 2.11 bits per heavy atom. The third kappa shape index (κ3) is 2.89. The number of amides is 1. The summed E-state index contributed by atoms with van der Waals surface area (Å²) in [6, 6.07) is 9.10. The number of para-hydroxylation sites is 1. The first-order chi connectivity index (χ1) is 13.4. The molecule has 0 saturated carbocycles. The smallest absolute Gasteiger partial charge is 0.289 e. The quantitative estimate of drug-likeness (QED) is 0.636. The van der Waals surface area contributed by atoms with Crippen molar-refractivity contribution >= 4 is 26.7 Å². The summed E-state index contributed by atoms with van der Waals surface area (Å²) >= 11 is 0. The van der Waals surface area contributed by atoms with E-state index >= 15 is 0 Å². The molecule has 2 fully saturated rings. The molecule has 0 unspecified atom stereocenters. The molecule has 4 heterocycles. The number of benzene rings is 1. The lowest BCUT2D eigenvalue weighted by Gasteiger charge is -2.51. The molecule has 1 atom stereocenters. The van der Waals surface area contributed by atoms with Crippen molar-refractivity contribution in [2.45, 2.75) is 17.4 Å². The number of hydrogen-bond donors (Lipinski definition) is 0. The molecule has 1 aromatic carbocycles. The molecule has 146 valence electrons. The third-order valence-electron chi connectivity index (χ3n) is 5.29. The molecule has 0 bridgehead atoms. The third-order valence-corrected chi connectivity index (χ3v) is 7.52. The number of sulfone groups is 1. The lowest BCUT2D eigenvalue weighted by Crippen LogP contribution is -2.70. The topological polar surface area (TPSA) is 108 Å². The Morgan fingerprint density at radius 1 is 1.29 bits per heavy atom. The fourth-order valence-electron chi connectivity index (χ4n) is 3.82. The molecular formula is C18H18N4O5S. The van der Waals surface area contributed by atoms with E-state index in [9.17, 15) is 13.2 Å². The molecule has 2 aliphatic rings. The molecule has 2 saturated heterocycles. The molecule has 1 spiro atoms. The van der Waals surface area contributed by atoms with Crippen LogP contribution >= 0.6 is 0 Å². The summed E-state index contributed by atoms with van der Waals surface area (Å²) < 4.78 is 38.4. The Morgan fingerprint density at radius 3 is 2.82 bits per heavy atom. The van der Waals surface area contributed by atoms with Gasteiger partial charge in [0.25, 0.3) is 5.91 Å². The molecule has 2 aromatic heterocycles. The van der Waals surface area contributed by atoms with Crippen molar-refractivity contribution < 1.29 is 22.4 Å². The summed E-state index contributed by atoms with van der Waals surface area (Å²) in [6.45, 7) is 0.755. The predicted octanol–water partition coefficient (Wildman–Crippen LogP) is 0.733. The molecule has 0 radical (unpaired) electrons. The second-order valence-corrected chi connectivity index (χ2v) is 9.63. The van der Waals surface area contributed by atoms with Crippen molar-refractivity contribution in [2.24, 2.45) is 0 Å². The summed E-state index contributed by atoms with van der Waals surface area (Å²) in [5, 5.41) is 4.14. The van der Waals surface area contributed by atoms with Gasteiger partial charge < -0.3 is 14.1 Å². The Kier molecular flexibility index (Phi) is 3.81. The highest BCUT2D eigenvalue weighted by Gasteiger charge is 2.54. The molecule has 0 N–H and O–H groups in total. The minimum absolute atomic E-state index is 0.0782. The van der Waals surface area contributed by atoms with Gasteiger partial charge in [0.1, 0.15) is 29.1 Å². The van der Waals surface area contributed by atoms with E-state index in [0.29, 0.717) is 5.58 Å². The second-order valence-electron chi connectivity index (χ2n) is 7.35. The normalized spacial score (nSPS) is 23.0. The second kappa shape index (κ2) is 6.14. The fraction of sp³-hybridized carbons (Fsp3) is 0.389. The molecule has 1 amide bonds. The number of carbonyl (C=O) groups is 1. The van der Waals surface area contributed by atoms with E-state index in [1.165, 1.54) is 17.3 Å². The number of likely N-dealkylation sites (tertiary alicyclic amines) is 1. The Balaban J connectivity index is 1.26. The summed E-state index contributed by atoms with van der Waals surface area (Å²) in [4.78, 5) is 18.1.